The summed E-state index contributed by atoms with van der Waals surface area (Å²) in [4.78, 5) is 23.8. The third-order valence-electron chi connectivity index (χ3n) is 3.44. The van der Waals surface area contributed by atoms with Crippen molar-refractivity contribution in [3.8, 4) is 5.88 Å². The summed E-state index contributed by atoms with van der Waals surface area (Å²) in [7, 11) is 0. The lowest BCUT2D eigenvalue weighted by atomic mass is 10.1. The van der Waals surface area contributed by atoms with E-state index in [1.165, 1.54) is 6.33 Å². The molecular formula is C12H17N5O2. The van der Waals surface area contributed by atoms with Gasteiger partial charge in [0.05, 0.1) is 12.6 Å². The summed E-state index contributed by atoms with van der Waals surface area (Å²) in [6.45, 7) is 5.69. The van der Waals surface area contributed by atoms with Crippen LogP contribution in [0.15, 0.2) is 12.4 Å². The first-order valence-electron chi connectivity index (χ1n) is 6.52. The van der Waals surface area contributed by atoms with E-state index >= 15 is 0 Å². The van der Waals surface area contributed by atoms with Crippen LogP contribution < -0.4 is 15.0 Å². The van der Waals surface area contributed by atoms with E-state index in [0.717, 1.165) is 32.0 Å². The monoisotopic (exact) mass is 263 g/mol. The van der Waals surface area contributed by atoms with Gasteiger partial charge in [-0.1, -0.05) is 0 Å². The molecule has 2 amide bonds. The zero-order chi connectivity index (χ0) is 13.2. The van der Waals surface area contributed by atoms with Gasteiger partial charge in [0, 0.05) is 32.2 Å². The Morgan fingerprint density at radius 1 is 1.47 bits per heavy atom. The third-order valence-corrected chi connectivity index (χ3v) is 3.44. The second-order valence-corrected chi connectivity index (χ2v) is 4.63. The van der Waals surface area contributed by atoms with E-state index in [4.69, 9.17) is 4.74 Å². The maximum absolute atomic E-state index is 11.5. The van der Waals surface area contributed by atoms with E-state index in [2.05, 4.69) is 20.2 Å². The number of urea groups is 1. The highest BCUT2D eigenvalue weighted by Crippen LogP contribution is 2.24. The molecule has 7 heteroatoms. The molecule has 0 saturated carbocycles. The number of carbonyl (C=O) groups is 1. The molecule has 2 saturated heterocycles. The van der Waals surface area contributed by atoms with Crippen molar-refractivity contribution in [3.05, 3.63) is 12.4 Å². The quantitative estimate of drug-likeness (QED) is 0.833. The van der Waals surface area contributed by atoms with Gasteiger partial charge in [-0.2, -0.15) is 0 Å². The SMILES string of the molecule is CCOc1cc(N2CC(N3CCNC3=O)C2)ncn1. The van der Waals surface area contributed by atoms with Crippen molar-refractivity contribution in [2.24, 2.45) is 0 Å². The van der Waals surface area contributed by atoms with Crippen LogP contribution in [0.1, 0.15) is 6.92 Å². The molecule has 2 aliphatic heterocycles. The third kappa shape index (κ3) is 2.27. The fourth-order valence-corrected chi connectivity index (χ4v) is 2.40. The Kier molecular flexibility index (Phi) is 3.10. The van der Waals surface area contributed by atoms with Crippen LogP contribution >= 0.6 is 0 Å². The summed E-state index contributed by atoms with van der Waals surface area (Å²) in [6.07, 6.45) is 1.51. The molecule has 2 fully saturated rings. The van der Waals surface area contributed by atoms with Gasteiger partial charge < -0.3 is 19.9 Å². The molecule has 2 aliphatic rings. The van der Waals surface area contributed by atoms with E-state index in [1.54, 1.807) is 0 Å². The number of ether oxygens (including phenoxy) is 1. The zero-order valence-corrected chi connectivity index (χ0v) is 10.9. The summed E-state index contributed by atoms with van der Waals surface area (Å²) in [5.74, 6) is 1.45. The molecule has 1 aromatic heterocycles. The van der Waals surface area contributed by atoms with Crippen LogP contribution in [0.5, 0.6) is 5.88 Å². The summed E-state index contributed by atoms with van der Waals surface area (Å²) in [5, 5.41) is 2.82. The molecule has 102 valence electrons. The van der Waals surface area contributed by atoms with Crippen LogP contribution in [0.25, 0.3) is 0 Å². The molecular weight excluding hydrogens is 246 g/mol. The molecule has 0 aromatic carbocycles. The van der Waals surface area contributed by atoms with Crippen molar-refractivity contribution in [1.29, 1.82) is 0 Å². The summed E-state index contributed by atoms with van der Waals surface area (Å²) in [5.41, 5.74) is 0. The number of nitrogens with one attached hydrogen (secondary N) is 1. The topological polar surface area (TPSA) is 70.6 Å². The standard InChI is InChI=1S/C12H17N5O2/c1-2-19-11-5-10(14-8-15-11)16-6-9(7-16)17-4-3-13-12(17)18/h5,8-9H,2-4,6-7H2,1H3,(H,13,18). The molecule has 0 spiro atoms. The van der Waals surface area contributed by atoms with Crippen LogP contribution in [0, 0.1) is 0 Å². The molecule has 0 atom stereocenters. The lowest BCUT2D eigenvalue weighted by molar-refractivity contribution is 0.185. The van der Waals surface area contributed by atoms with Crippen molar-refractivity contribution in [2.45, 2.75) is 13.0 Å². The summed E-state index contributed by atoms with van der Waals surface area (Å²) >= 11 is 0. The highest BCUT2D eigenvalue weighted by Gasteiger charge is 2.37. The predicted octanol–water partition coefficient (Wildman–Crippen LogP) is 0.0891. The van der Waals surface area contributed by atoms with Gasteiger partial charge in [0.25, 0.3) is 0 Å². The van der Waals surface area contributed by atoms with Crippen LogP contribution in [-0.4, -0.2) is 59.7 Å². The van der Waals surface area contributed by atoms with Gasteiger partial charge in [0.2, 0.25) is 5.88 Å². The maximum atomic E-state index is 11.5. The van der Waals surface area contributed by atoms with Gasteiger partial charge in [-0.05, 0) is 6.92 Å². The van der Waals surface area contributed by atoms with Crippen molar-refractivity contribution < 1.29 is 9.53 Å². The Morgan fingerprint density at radius 3 is 3.00 bits per heavy atom. The van der Waals surface area contributed by atoms with Crippen LogP contribution in [0.2, 0.25) is 0 Å². The smallest absolute Gasteiger partial charge is 0.317 e. The molecule has 0 bridgehead atoms. The number of nitrogens with zero attached hydrogens (tertiary/aromatic N) is 4. The number of aromatic nitrogens is 2. The van der Waals surface area contributed by atoms with E-state index in [1.807, 2.05) is 17.9 Å². The van der Waals surface area contributed by atoms with Gasteiger partial charge in [-0.15, -0.1) is 0 Å². The Morgan fingerprint density at radius 2 is 2.32 bits per heavy atom. The fraction of sp³-hybridized carbons (Fsp3) is 0.583. The van der Waals surface area contributed by atoms with Gasteiger partial charge in [-0.3, -0.25) is 0 Å². The van der Waals surface area contributed by atoms with Gasteiger partial charge in [0.15, 0.2) is 0 Å². The summed E-state index contributed by atoms with van der Waals surface area (Å²) in [6, 6.07) is 2.17. The minimum Gasteiger partial charge on any atom is -0.478 e. The number of hydrogen-bond acceptors (Lipinski definition) is 5. The van der Waals surface area contributed by atoms with Gasteiger partial charge >= 0.3 is 6.03 Å². The fourth-order valence-electron chi connectivity index (χ4n) is 2.40. The molecule has 7 nitrogen and oxygen atoms in total. The number of carbonyl (C=O) groups excluding carboxylic acids is 1. The highest BCUT2D eigenvalue weighted by atomic mass is 16.5. The molecule has 0 aliphatic carbocycles. The molecule has 3 rings (SSSR count). The maximum Gasteiger partial charge on any atom is 0.317 e. The second kappa shape index (κ2) is 4.91. The molecule has 3 heterocycles. The lowest BCUT2D eigenvalue weighted by Crippen LogP contribution is -2.60. The van der Waals surface area contributed by atoms with Crippen LogP contribution in [0.4, 0.5) is 10.6 Å². The van der Waals surface area contributed by atoms with Crippen molar-refractivity contribution in [1.82, 2.24) is 20.2 Å². The average Bonchev–Trinajstić information content (AvgIpc) is 2.75. The predicted molar refractivity (Wildman–Crippen MR) is 69.3 cm³/mol. The average molecular weight is 263 g/mol. The van der Waals surface area contributed by atoms with E-state index < -0.39 is 0 Å². The normalized spacial score (nSPS) is 19.3. The Hall–Kier alpha value is -2.05. The lowest BCUT2D eigenvalue weighted by Gasteiger charge is -2.44. The van der Waals surface area contributed by atoms with Crippen molar-refractivity contribution in [3.63, 3.8) is 0 Å². The van der Waals surface area contributed by atoms with Crippen LogP contribution in [-0.2, 0) is 0 Å². The van der Waals surface area contributed by atoms with Crippen molar-refractivity contribution in [2.75, 3.05) is 37.7 Å². The largest absolute Gasteiger partial charge is 0.478 e. The number of anilines is 1. The second-order valence-electron chi connectivity index (χ2n) is 4.63. The van der Waals surface area contributed by atoms with E-state index in [9.17, 15) is 4.79 Å². The number of rotatable bonds is 4. The molecule has 0 unspecified atom stereocenters. The number of hydrogen-bond donors (Lipinski definition) is 1. The minimum atomic E-state index is 0.0438. The molecule has 0 radical (unpaired) electrons. The Labute approximate surface area is 111 Å². The van der Waals surface area contributed by atoms with Gasteiger partial charge in [-0.25, -0.2) is 14.8 Å². The Bertz CT molecular complexity index is 475. The molecule has 19 heavy (non-hydrogen) atoms. The van der Waals surface area contributed by atoms with E-state index in [0.29, 0.717) is 12.5 Å². The molecule has 1 aromatic rings. The summed E-state index contributed by atoms with van der Waals surface area (Å²) < 4.78 is 5.36. The first-order valence-corrected chi connectivity index (χ1v) is 6.52. The van der Waals surface area contributed by atoms with E-state index in [-0.39, 0.29) is 12.1 Å². The number of amides is 2. The van der Waals surface area contributed by atoms with Crippen LogP contribution in [0.3, 0.4) is 0 Å². The Balaban J connectivity index is 1.60. The molecule has 1 N–H and O–H groups in total. The first-order chi connectivity index (χ1) is 9.28. The first kappa shape index (κ1) is 12.0. The van der Waals surface area contributed by atoms with Gasteiger partial charge in [0.1, 0.15) is 12.1 Å². The van der Waals surface area contributed by atoms with Crippen molar-refractivity contribution >= 4 is 11.8 Å². The highest BCUT2D eigenvalue weighted by molar-refractivity contribution is 5.77. The zero-order valence-electron chi connectivity index (χ0n) is 10.9. The minimum absolute atomic E-state index is 0.0438.